The van der Waals surface area contributed by atoms with Crippen LogP contribution in [0.4, 0.5) is 4.79 Å². The summed E-state index contributed by atoms with van der Waals surface area (Å²) in [5.74, 6) is 1.43. The number of carbonyl (C=O) groups excluding carboxylic acids is 1. The first-order valence-electron chi connectivity index (χ1n) is 7.56. The third-order valence-electron chi connectivity index (χ3n) is 3.42. The van der Waals surface area contributed by atoms with Gasteiger partial charge in [0.15, 0.2) is 17.6 Å². The summed E-state index contributed by atoms with van der Waals surface area (Å²) in [6, 6.07) is 15.0. The SMILES string of the molecule is O=C(N/C=C/c1ccc(Br)cc1)NCC1COc2ccccc2O1. The third kappa shape index (κ3) is 4.52. The standard InChI is InChI=1S/C18H17BrN2O3/c19-14-7-5-13(6-8-14)9-10-20-18(22)21-11-15-12-23-16-3-1-2-4-17(16)24-15/h1-10,15H,11-12H2,(H2,20,21,22)/b10-9+. The molecule has 1 heterocycles. The highest BCUT2D eigenvalue weighted by atomic mass is 79.9. The van der Waals surface area contributed by atoms with Crippen LogP contribution in [0.3, 0.4) is 0 Å². The van der Waals surface area contributed by atoms with Gasteiger partial charge in [0.1, 0.15) is 6.61 Å². The van der Waals surface area contributed by atoms with Gasteiger partial charge in [0.2, 0.25) is 0 Å². The minimum absolute atomic E-state index is 0.207. The summed E-state index contributed by atoms with van der Waals surface area (Å²) < 4.78 is 12.4. The van der Waals surface area contributed by atoms with Crippen LogP contribution in [-0.4, -0.2) is 25.3 Å². The van der Waals surface area contributed by atoms with Gasteiger partial charge >= 0.3 is 6.03 Å². The molecule has 0 saturated heterocycles. The van der Waals surface area contributed by atoms with Crippen molar-refractivity contribution in [2.45, 2.75) is 6.10 Å². The van der Waals surface area contributed by atoms with Gasteiger partial charge in [0.25, 0.3) is 0 Å². The number of carbonyl (C=O) groups is 1. The van der Waals surface area contributed by atoms with E-state index in [1.807, 2.05) is 54.6 Å². The Hall–Kier alpha value is -2.47. The Morgan fingerprint density at radius 2 is 1.92 bits per heavy atom. The van der Waals surface area contributed by atoms with E-state index < -0.39 is 0 Å². The molecule has 3 rings (SSSR count). The first-order chi connectivity index (χ1) is 11.7. The predicted octanol–water partition coefficient (Wildman–Crippen LogP) is 3.56. The molecule has 2 aromatic carbocycles. The molecule has 0 spiro atoms. The molecule has 2 aromatic rings. The van der Waals surface area contributed by atoms with Crippen molar-refractivity contribution in [1.82, 2.24) is 10.6 Å². The smallest absolute Gasteiger partial charge is 0.318 e. The minimum Gasteiger partial charge on any atom is -0.486 e. The van der Waals surface area contributed by atoms with E-state index in [2.05, 4.69) is 26.6 Å². The number of nitrogens with one attached hydrogen (secondary N) is 2. The summed E-state index contributed by atoms with van der Waals surface area (Å²) in [6.45, 7) is 0.776. The molecule has 0 radical (unpaired) electrons. The molecule has 1 aliphatic rings. The fourth-order valence-electron chi connectivity index (χ4n) is 2.21. The molecule has 0 saturated carbocycles. The molecule has 24 heavy (non-hydrogen) atoms. The normalized spacial score (nSPS) is 16.0. The Balaban J connectivity index is 1.42. The van der Waals surface area contributed by atoms with E-state index in [0.29, 0.717) is 18.9 Å². The first-order valence-corrected chi connectivity index (χ1v) is 8.35. The Morgan fingerprint density at radius 1 is 1.17 bits per heavy atom. The third-order valence-corrected chi connectivity index (χ3v) is 3.95. The Labute approximate surface area is 148 Å². The molecule has 0 aromatic heterocycles. The maximum Gasteiger partial charge on any atom is 0.318 e. The number of benzene rings is 2. The summed E-state index contributed by atoms with van der Waals surface area (Å²) in [4.78, 5) is 11.8. The van der Waals surface area contributed by atoms with E-state index >= 15 is 0 Å². The second kappa shape index (κ2) is 7.88. The zero-order valence-corrected chi connectivity index (χ0v) is 14.5. The lowest BCUT2D eigenvalue weighted by molar-refractivity contribution is 0.0919. The van der Waals surface area contributed by atoms with Gasteiger partial charge in [0, 0.05) is 10.7 Å². The van der Waals surface area contributed by atoms with E-state index in [4.69, 9.17) is 9.47 Å². The number of rotatable bonds is 4. The van der Waals surface area contributed by atoms with Gasteiger partial charge in [-0.3, -0.25) is 0 Å². The highest BCUT2D eigenvalue weighted by molar-refractivity contribution is 9.10. The number of fused-ring (bicyclic) bond motifs is 1. The highest BCUT2D eigenvalue weighted by Crippen LogP contribution is 2.30. The molecule has 0 bridgehead atoms. The maximum absolute atomic E-state index is 11.8. The largest absolute Gasteiger partial charge is 0.486 e. The van der Waals surface area contributed by atoms with Gasteiger partial charge in [-0.05, 0) is 35.9 Å². The van der Waals surface area contributed by atoms with Crippen LogP contribution >= 0.6 is 15.9 Å². The molecule has 2 amide bonds. The lowest BCUT2D eigenvalue weighted by Gasteiger charge is -2.26. The van der Waals surface area contributed by atoms with E-state index in [9.17, 15) is 4.79 Å². The number of urea groups is 1. The Kier molecular flexibility index (Phi) is 5.38. The fourth-order valence-corrected chi connectivity index (χ4v) is 2.47. The van der Waals surface area contributed by atoms with Gasteiger partial charge in [-0.25, -0.2) is 4.79 Å². The molecule has 2 N–H and O–H groups in total. The van der Waals surface area contributed by atoms with Crippen molar-refractivity contribution in [2.75, 3.05) is 13.2 Å². The second-order valence-corrected chi connectivity index (χ2v) is 6.15. The minimum atomic E-state index is -0.286. The molecular weight excluding hydrogens is 372 g/mol. The van der Waals surface area contributed by atoms with Crippen LogP contribution in [-0.2, 0) is 0 Å². The van der Waals surface area contributed by atoms with E-state index in [1.54, 1.807) is 6.20 Å². The van der Waals surface area contributed by atoms with Crippen molar-refractivity contribution in [1.29, 1.82) is 0 Å². The molecule has 6 heteroatoms. The van der Waals surface area contributed by atoms with Gasteiger partial charge in [-0.1, -0.05) is 40.2 Å². The first kappa shape index (κ1) is 16.4. The van der Waals surface area contributed by atoms with E-state index in [0.717, 1.165) is 15.8 Å². The fraction of sp³-hybridized carbons (Fsp3) is 0.167. The van der Waals surface area contributed by atoms with Crippen LogP contribution in [0.2, 0.25) is 0 Å². The summed E-state index contributed by atoms with van der Waals surface area (Å²) in [6.07, 6.45) is 3.22. The number of halogens is 1. The summed E-state index contributed by atoms with van der Waals surface area (Å²) >= 11 is 3.38. The maximum atomic E-state index is 11.8. The molecule has 124 valence electrons. The average Bonchev–Trinajstić information content (AvgIpc) is 2.61. The summed E-state index contributed by atoms with van der Waals surface area (Å²) in [7, 11) is 0. The molecule has 1 aliphatic heterocycles. The van der Waals surface area contributed by atoms with Gasteiger partial charge in [-0.15, -0.1) is 0 Å². The van der Waals surface area contributed by atoms with Crippen molar-refractivity contribution in [3.05, 3.63) is 64.8 Å². The van der Waals surface area contributed by atoms with Crippen LogP contribution in [0.25, 0.3) is 6.08 Å². The second-order valence-electron chi connectivity index (χ2n) is 5.24. The molecule has 1 atom stereocenters. The Bertz CT molecular complexity index is 731. The zero-order chi connectivity index (χ0) is 16.8. The average molecular weight is 389 g/mol. The van der Waals surface area contributed by atoms with Gasteiger partial charge in [0.05, 0.1) is 6.54 Å². The topological polar surface area (TPSA) is 59.6 Å². The number of hydrogen-bond acceptors (Lipinski definition) is 3. The summed E-state index contributed by atoms with van der Waals surface area (Å²) in [5, 5.41) is 5.43. The quantitative estimate of drug-likeness (QED) is 0.841. The number of amides is 2. The van der Waals surface area contributed by atoms with Crippen molar-refractivity contribution >= 4 is 28.0 Å². The lowest BCUT2D eigenvalue weighted by Crippen LogP contribution is -2.43. The number of ether oxygens (including phenoxy) is 2. The van der Waals surface area contributed by atoms with E-state index in [1.165, 1.54) is 0 Å². The number of hydrogen-bond donors (Lipinski definition) is 2. The molecule has 1 unspecified atom stereocenters. The van der Waals surface area contributed by atoms with Crippen molar-refractivity contribution in [3.63, 3.8) is 0 Å². The Morgan fingerprint density at radius 3 is 2.71 bits per heavy atom. The monoisotopic (exact) mass is 388 g/mol. The molecule has 5 nitrogen and oxygen atoms in total. The molecule has 0 aliphatic carbocycles. The van der Waals surface area contributed by atoms with Crippen LogP contribution in [0.15, 0.2) is 59.2 Å². The molecule has 0 fully saturated rings. The van der Waals surface area contributed by atoms with Crippen molar-refractivity contribution < 1.29 is 14.3 Å². The highest BCUT2D eigenvalue weighted by Gasteiger charge is 2.20. The summed E-state index contributed by atoms with van der Waals surface area (Å²) in [5.41, 5.74) is 0.999. The van der Waals surface area contributed by atoms with Crippen LogP contribution < -0.4 is 20.1 Å². The van der Waals surface area contributed by atoms with Crippen LogP contribution in [0.5, 0.6) is 11.5 Å². The van der Waals surface area contributed by atoms with Crippen molar-refractivity contribution in [2.24, 2.45) is 0 Å². The number of para-hydroxylation sites is 2. The predicted molar refractivity (Wildman–Crippen MR) is 96.1 cm³/mol. The lowest BCUT2D eigenvalue weighted by atomic mass is 10.2. The zero-order valence-electron chi connectivity index (χ0n) is 12.9. The van der Waals surface area contributed by atoms with Crippen LogP contribution in [0, 0.1) is 0 Å². The van der Waals surface area contributed by atoms with Gasteiger partial charge < -0.3 is 20.1 Å². The van der Waals surface area contributed by atoms with Crippen LogP contribution in [0.1, 0.15) is 5.56 Å². The van der Waals surface area contributed by atoms with Crippen molar-refractivity contribution in [3.8, 4) is 11.5 Å². The van der Waals surface area contributed by atoms with Gasteiger partial charge in [-0.2, -0.15) is 0 Å². The molecular formula is C18H17BrN2O3. The van der Waals surface area contributed by atoms with E-state index in [-0.39, 0.29) is 12.1 Å².